The van der Waals surface area contributed by atoms with Crippen molar-refractivity contribution in [2.75, 3.05) is 11.4 Å². The van der Waals surface area contributed by atoms with E-state index in [9.17, 15) is 10.1 Å². The second kappa shape index (κ2) is 7.04. The Balaban J connectivity index is 2.42. The number of para-hydroxylation sites is 1. The van der Waals surface area contributed by atoms with Gasteiger partial charge in [0.1, 0.15) is 0 Å². The summed E-state index contributed by atoms with van der Waals surface area (Å²) in [6.45, 7) is 0.536. The quantitative estimate of drug-likeness (QED) is 0.433. The van der Waals surface area contributed by atoms with Crippen LogP contribution in [0.5, 0.6) is 0 Å². The Kier molecular flexibility index (Phi) is 5.11. The zero-order valence-electron chi connectivity index (χ0n) is 11.1. The van der Waals surface area contributed by atoms with Crippen LogP contribution in [0, 0.1) is 25.0 Å². The van der Waals surface area contributed by atoms with Crippen LogP contribution in [0.1, 0.15) is 6.42 Å². The van der Waals surface area contributed by atoms with E-state index in [0.717, 1.165) is 14.9 Å². The molecule has 2 aromatic rings. The van der Waals surface area contributed by atoms with Crippen molar-refractivity contribution >= 4 is 39.7 Å². The first-order chi connectivity index (χ1) is 10.1. The van der Waals surface area contributed by atoms with E-state index in [4.69, 9.17) is 5.26 Å². The molecule has 0 aliphatic rings. The second-order valence-electron chi connectivity index (χ2n) is 4.29. The second-order valence-corrected chi connectivity index (χ2v) is 5.45. The Morgan fingerprint density at radius 3 is 2.52 bits per heavy atom. The molecule has 0 amide bonds. The fourth-order valence-electron chi connectivity index (χ4n) is 1.99. The molecule has 0 N–H and O–H groups in total. The number of nitrogens with zero attached hydrogens (tertiary/aromatic N) is 3. The van der Waals surface area contributed by atoms with Crippen molar-refractivity contribution in [1.29, 1.82) is 5.26 Å². The van der Waals surface area contributed by atoms with Gasteiger partial charge in [-0.3, -0.25) is 10.1 Å². The summed E-state index contributed by atoms with van der Waals surface area (Å²) in [5.74, 6) is 0. The molecule has 0 bridgehead atoms. The lowest BCUT2D eigenvalue weighted by Gasteiger charge is -2.25. The molecular weight excluding hydrogens is 381 g/mol. The molecule has 0 saturated carbocycles. The molecule has 0 saturated heterocycles. The number of nitro groups is 1. The molecule has 0 atom stereocenters. The van der Waals surface area contributed by atoms with Crippen molar-refractivity contribution in [3.63, 3.8) is 0 Å². The van der Waals surface area contributed by atoms with Crippen molar-refractivity contribution in [3.05, 3.63) is 62.2 Å². The highest BCUT2D eigenvalue weighted by atomic mass is 127. The van der Waals surface area contributed by atoms with Crippen LogP contribution in [0.15, 0.2) is 48.5 Å². The predicted octanol–water partition coefficient (Wildman–Crippen LogP) is 4.25. The highest BCUT2D eigenvalue weighted by Gasteiger charge is 2.15. The number of hydrogen-bond donors (Lipinski definition) is 0. The van der Waals surface area contributed by atoms with Gasteiger partial charge in [-0.25, -0.2) is 0 Å². The van der Waals surface area contributed by atoms with Gasteiger partial charge < -0.3 is 4.90 Å². The van der Waals surface area contributed by atoms with E-state index in [1.54, 1.807) is 6.07 Å². The Labute approximate surface area is 136 Å². The van der Waals surface area contributed by atoms with E-state index in [0.29, 0.717) is 13.0 Å². The van der Waals surface area contributed by atoms with Gasteiger partial charge in [-0.2, -0.15) is 5.26 Å². The van der Waals surface area contributed by atoms with Crippen LogP contribution in [0.2, 0.25) is 0 Å². The van der Waals surface area contributed by atoms with E-state index in [1.165, 1.54) is 12.1 Å². The molecule has 0 aliphatic heterocycles. The minimum atomic E-state index is -0.409. The number of nitriles is 1. The number of non-ortho nitro benzene ring substituents is 1. The summed E-state index contributed by atoms with van der Waals surface area (Å²) >= 11 is 2.08. The topological polar surface area (TPSA) is 70.2 Å². The van der Waals surface area contributed by atoms with Gasteiger partial charge in [0.05, 0.1) is 23.1 Å². The lowest BCUT2D eigenvalue weighted by atomic mass is 10.2. The summed E-state index contributed by atoms with van der Waals surface area (Å²) < 4.78 is 0.781. The van der Waals surface area contributed by atoms with Crippen LogP contribution in [-0.4, -0.2) is 11.5 Å². The molecule has 0 radical (unpaired) electrons. The Hall–Kier alpha value is -2.14. The molecule has 106 valence electrons. The number of halogens is 1. The molecular formula is C15H12IN3O2. The molecule has 0 unspecified atom stereocenters. The average molecular weight is 393 g/mol. The molecule has 0 aliphatic carbocycles. The summed E-state index contributed by atoms with van der Waals surface area (Å²) in [5, 5.41) is 19.6. The third-order valence-corrected chi connectivity index (χ3v) is 3.81. The minimum Gasteiger partial charge on any atom is -0.340 e. The van der Waals surface area contributed by atoms with Crippen LogP contribution in [0.25, 0.3) is 0 Å². The molecule has 0 heterocycles. The largest absolute Gasteiger partial charge is 0.340 e. The average Bonchev–Trinajstić information content (AvgIpc) is 2.50. The number of rotatable bonds is 5. The highest BCUT2D eigenvalue weighted by molar-refractivity contribution is 14.1. The maximum atomic E-state index is 10.8. The van der Waals surface area contributed by atoms with Gasteiger partial charge in [0.15, 0.2) is 0 Å². The van der Waals surface area contributed by atoms with E-state index in [1.807, 2.05) is 35.2 Å². The van der Waals surface area contributed by atoms with E-state index in [-0.39, 0.29) is 5.69 Å². The first kappa shape index (κ1) is 15.3. The lowest BCUT2D eigenvalue weighted by Crippen LogP contribution is -2.19. The zero-order valence-corrected chi connectivity index (χ0v) is 13.2. The number of nitro benzene ring substituents is 1. The standard InChI is InChI=1S/C15H12IN3O2/c16-14-11-13(19(20)21)7-8-15(14)18(10-4-9-17)12-5-2-1-3-6-12/h1-3,5-8,11H,4,10H2. The van der Waals surface area contributed by atoms with Crippen molar-refractivity contribution in [1.82, 2.24) is 0 Å². The maximum Gasteiger partial charge on any atom is 0.270 e. The molecule has 0 spiro atoms. The number of hydrogen-bond acceptors (Lipinski definition) is 4. The van der Waals surface area contributed by atoms with Crippen LogP contribution in [-0.2, 0) is 0 Å². The fraction of sp³-hybridized carbons (Fsp3) is 0.133. The van der Waals surface area contributed by atoms with E-state index >= 15 is 0 Å². The van der Waals surface area contributed by atoms with Crippen molar-refractivity contribution in [3.8, 4) is 6.07 Å². The fourth-order valence-corrected chi connectivity index (χ4v) is 2.78. The maximum absolute atomic E-state index is 10.8. The first-order valence-electron chi connectivity index (χ1n) is 6.27. The van der Waals surface area contributed by atoms with Crippen LogP contribution >= 0.6 is 22.6 Å². The molecule has 0 fully saturated rings. The van der Waals surface area contributed by atoms with Gasteiger partial charge >= 0.3 is 0 Å². The monoisotopic (exact) mass is 393 g/mol. The minimum absolute atomic E-state index is 0.0662. The number of anilines is 2. The number of benzene rings is 2. The van der Waals surface area contributed by atoms with Crippen LogP contribution < -0.4 is 4.90 Å². The predicted molar refractivity (Wildman–Crippen MR) is 89.5 cm³/mol. The van der Waals surface area contributed by atoms with Crippen LogP contribution in [0.3, 0.4) is 0 Å². The lowest BCUT2D eigenvalue weighted by molar-refractivity contribution is -0.384. The normalized spacial score (nSPS) is 9.90. The van der Waals surface area contributed by atoms with Gasteiger partial charge in [-0.15, -0.1) is 0 Å². The van der Waals surface area contributed by atoms with Gasteiger partial charge in [0.25, 0.3) is 5.69 Å². The molecule has 0 aromatic heterocycles. The Morgan fingerprint density at radius 1 is 1.24 bits per heavy atom. The summed E-state index contributed by atoms with van der Waals surface area (Å²) in [4.78, 5) is 12.4. The van der Waals surface area contributed by atoms with Gasteiger partial charge in [-0.1, -0.05) is 18.2 Å². The molecule has 21 heavy (non-hydrogen) atoms. The Morgan fingerprint density at radius 2 is 1.95 bits per heavy atom. The molecule has 2 rings (SSSR count). The van der Waals surface area contributed by atoms with Gasteiger partial charge in [0.2, 0.25) is 0 Å². The molecule has 6 heteroatoms. The van der Waals surface area contributed by atoms with E-state index in [2.05, 4.69) is 28.7 Å². The summed E-state index contributed by atoms with van der Waals surface area (Å²) in [6, 6.07) is 16.6. The van der Waals surface area contributed by atoms with Crippen molar-refractivity contribution in [2.24, 2.45) is 0 Å². The summed E-state index contributed by atoms with van der Waals surface area (Å²) in [6.07, 6.45) is 0.377. The molecule has 2 aromatic carbocycles. The first-order valence-corrected chi connectivity index (χ1v) is 7.35. The smallest absolute Gasteiger partial charge is 0.270 e. The van der Waals surface area contributed by atoms with Gasteiger partial charge in [0, 0.05) is 27.9 Å². The highest BCUT2D eigenvalue weighted by Crippen LogP contribution is 2.32. The van der Waals surface area contributed by atoms with Crippen molar-refractivity contribution < 1.29 is 4.92 Å². The van der Waals surface area contributed by atoms with Gasteiger partial charge in [-0.05, 0) is 40.8 Å². The van der Waals surface area contributed by atoms with Crippen LogP contribution in [0.4, 0.5) is 17.1 Å². The SMILES string of the molecule is N#CCCN(c1ccccc1)c1ccc([N+](=O)[O-])cc1I. The third kappa shape index (κ3) is 3.70. The zero-order chi connectivity index (χ0) is 15.2. The van der Waals surface area contributed by atoms with E-state index < -0.39 is 4.92 Å². The molecule has 5 nitrogen and oxygen atoms in total. The summed E-state index contributed by atoms with van der Waals surface area (Å²) in [7, 11) is 0. The van der Waals surface area contributed by atoms with Crippen molar-refractivity contribution in [2.45, 2.75) is 6.42 Å². The summed E-state index contributed by atoms with van der Waals surface area (Å²) in [5.41, 5.74) is 1.89. The Bertz CT molecular complexity index is 683. The third-order valence-electron chi connectivity index (χ3n) is 2.95.